The van der Waals surface area contributed by atoms with Gasteiger partial charge in [0.05, 0.1) is 6.04 Å². The third-order valence-corrected chi connectivity index (χ3v) is 4.93. The molecule has 1 aliphatic rings. The molecule has 4 heterocycles. The van der Waals surface area contributed by atoms with Gasteiger partial charge in [0.15, 0.2) is 5.82 Å². The van der Waals surface area contributed by atoms with Crippen molar-refractivity contribution in [2.75, 3.05) is 11.9 Å². The molecule has 146 valence electrons. The quantitative estimate of drug-likeness (QED) is 0.673. The minimum absolute atomic E-state index is 0.0398. The maximum atomic E-state index is 12.9. The van der Waals surface area contributed by atoms with Gasteiger partial charge in [-0.25, -0.2) is 9.97 Å². The van der Waals surface area contributed by atoms with E-state index in [0.717, 1.165) is 35.5 Å². The van der Waals surface area contributed by atoms with Crippen molar-refractivity contribution in [3.63, 3.8) is 0 Å². The van der Waals surface area contributed by atoms with Crippen LogP contribution in [0.2, 0.25) is 0 Å². The predicted octanol–water partition coefficient (Wildman–Crippen LogP) is 3.70. The number of carbonyl (C=O) groups is 1. The zero-order chi connectivity index (χ0) is 20.1. The maximum Gasteiger partial charge on any atom is 0.247 e. The maximum absolute atomic E-state index is 12.9. The van der Waals surface area contributed by atoms with E-state index >= 15 is 0 Å². The number of pyridine rings is 2. The molecule has 29 heavy (non-hydrogen) atoms. The van der Waals surface area contributed by atoms with Crippen molar-refractivity contribution < 1.29 is 4.79 Å². The van der Waals surface area contributed by atoms with Crippen LogP contribution in [0, 0.1) is 6.92 Å². The zero-order valence-corrected chi connectivity index (χ0v) is 16.2. The number of rotatable bonds is 5. The average molecular weight is 386 g/mol. The summed E-state index contributed by atoms with van der Waals surface area (Å²) in [5.41, 5.74) is 2.67. The fourth-order valence-electron chi connectivity index (χ4n) is 3.47. The lowest BCUT2D eigenvalue weighted by molar-refractivity contribution is -0.126. The van der Waals surface area contributed by atoms with E-state index in [4.69, 9.17) is 0 Å². The summed E-state index contributed by atoms with van der Waals surface area (Å²) >= 11 is 0. The smallest absolute Gasteiger partial charge is 0.247 e. The molecule has 0 aliphatic carbocycles. The fraction of sp³-hybridized carbons (Fsp3) is 0.227. The Kier molecular flexibility index (Phi) is 5.56. The number of aryl methyl sites for hydroxylation is 1. The molecule has 7 nitrogen and oxygen atoms in total. The standard InChI is InChI=1S/C22H22N6O/c1-16-5-2-11-25-21(16)27-22-20(24-12-13-26-22)18-7-4-14-28(18)19(29)9-8-17-6-3-10-23-15-17/h2-3,5-6,8-13,15,18H,4,7,14H2,1H3,(H,25,26,27)/b9-8+/t18-/m0/s1. The lowest BCUT2D eigenvalue weighted by atomic mass is 10.1. The second kappa shape index (κ2) is 8.60. The molecule has 0 unspecified atom stereocenters. The molecule has 1 aliphatic heterocycles. The van der Waals surface area contributed by atoms with Gasteiger partial charge in [-0.3, -0.25) is 14.8 Å². The number of hydrogen-bond donors (Lipinski definition) is 1. The van der Waals surface area contributed by atoms with E-state index in [1.54, 1.807) is 43.1 Å². The number of nitrogens with zero attached hydrogens (tertiary/aromatic N) is 5. The molecular formula is C22H22N6O. The highest BCUT2D eigenvalue weighted by Gasteiger charge is 2.32. The van der Waals surface area contributed by atoms with Crippen LogP contribution in [-0.4, -0.2) is 37.3 Å². The van der Waals surface area contributed by atoms with Crippen LogP contribution in [0.3, 0.4) is 0 Å². The summed E-state index contributed by atoms with van der Waals surface area (Å²) in [7, 11) is 0. The van der Waals surface area contributed by atoms with E-state index in [0.29, 0.717) is 12.4 Å². The molecule has 0 spiro atoms. The number of nitrogens with one attached hydrogen (secondary N) is 1. The summed E-state index contributed by atoms with van der Waals surface area (Å²) in [5.74, 6) is 1.33. The summed E-state index contributed by atoms with van der Waals surface area (Å²) in [5, 5.41) is 3.29. The number of carbonyl (C=O) groups excluding carboxylic acids is 1. The lowest BCUT2D eigenvalue weighted by Crippen LogP contribution is -2.30. The van der Waals surface area contributed by atoms with Crippen LogP contribution in [-0.2, 0) is 4.79 Å². The van der Waals surface area contributed by atoms with E-state index in [-0.39, 0.29) is 11.9 Å². The molecule has 4 rings (SSSR count). The summed E-state index contributed by atoms with van der Waals surface area (Å²) in [6.45, 7) is 2.68. The third kappa shape index (κ3) is 4.29. The number of aromatic nitrogens is 4. The molecule has 0 saturated carbocycles. The minimum Gasteiger partial charge on any atom is -0.330 e. The molecule has 1 fully saturated rings. The van der Waals surface area contributed by atoms with Crippen molar-refractivity contribution in [3.8, 4) is 0 Å². The second-order valence-electron chi connectivity index (χ2n) is 6.89. The Labute approximate surface area is 169 Å². The van der Waals surface area contributed by atoms with Gasteiger partial charge < -0.3 is 10.2 Å². The van der Waals surface area contributed by atoms with Crippen LogP contribution in [0.25, 0.3) is 6.08 Å². The first kappa shape index (κ1) is 18.7. The van der Waals surface area contributed by atoms with Crippen molar-refractivity contribution in [1.82, 2.24) is 24.8 Å². The van der Waals surface area contributed by atoms with Crippen LogP contribution in [0.4, 0.5) is 11.6 Å². The van der Waals surface area contributed by atoms with Crippen LogP contribution < -0.4 is 5.32 Å². The number of anilines is 2. The van der Waals surface area contributed by atoms with Gasteiger partial charge >= 0.3 is 0 Å². The van der Waals surface area contributed by atoms with Gasteiger partial charge in [0, 0.05) is 43.6 Å². The van der Waals surface area contributed by atoms with E-state index in [1.807, 2.05) is 36.1 Å². The first-order valence-corrected chi connectivity index (χ1v) is 9.60. The Balaban J connectivity index is 1.57. The van der Waals surface area contributed by atoms with Gasteiger partial charge in [-0.05, 0) is 49.1 Å². The van der Waals surface area contributed by atoms with Gasteiger partial charge in [-0.2, -0.15) is 0 Å². The number of hydrogen-bond acceptors (Lipinski definition) is 6. The Hall–Kier alpha value is -3.61. The molecule has 1 N–H and O–H groups in total. The van der Waals surface area contributed by atoms with Gasteiger partial charge in [0.25, 0.3) is 0 Å². The number of likely N-dealkylation sites (tertiary alicyclic amines) is 1. The van der Waals surface area contributed by atoms with Gasteiger partial charge in [0.1, 0.15) is 11.5 Å². The van der Waals surface area contributed by atoms with E-state index in [1.165, 1.54) is 0 Å². The molecule has 7 heteroatoms. The molecule has 0 radical (unpaired) electrons. The van der Waals surface area contributed by atoms with E-state index in [2.05, 4.69) is 25.3 Å². The first-order valence-electron chi connectivity index (χ1n) is 9.60. The molecule has 1 saturated heterocycles. The van der Waals surface area contributed by atoms with Crippen molar-refractivity contribution in [3.05, 3.63) is 78.1 Å². The number of amides is 1. The first-order chi connectivity index (χ1) is 14.2. The Bertz CT molecular complexity index is 1020. The van der Waals surface area contributed by atoms with Crippen molar-refractivity contribution in [1.29, 1.82) is 0 Å². The third-order valence-electron chi connectivity index (χ3n) is 4.93. The van der Waals surface area contributed by atoms with Crippen molar-refractivity contribution >= 4 is 23.6 Å². The highest BCUT2D eigenvalue weighted by Crippen LogP contribution is 2.35. The summed E-state index contributed by atoms with van der Waals surface area (Å²) in [4.78, 5) is 32.2. The topological polar surface area (TPSA) is 83.9 Å². The largest absolute Gasteiger partial charge is 0.330 e. The van der Waals surface area contributed by atoms with Crippen LogP contribution in [0.5, 0.6) is 0 Å². The second-order valence-corrected chi connectivity index (χ2v) is 6.89. The highest BCUT2D eigenvalue weighted by atomic mass is 16.2. The average Bonchev–Trinajstić information content (AvgIpc) is 3.25. The van der Waals surface area contributed by atoms with Crippen LogP contribution in [0.15, 0.2) is 61.3 Å². The SMILES string of the molecule is Cc1cccnc1Nc1nccnc1[C@@H]1CCCN1C(=O)/C=C/c1cccnc1. The summed E-state index contributed by atoms with van der Waals surface area (Å²) in [6, 6.07) is 7.52. The van der Waals surface area contributed by atoms with Crippen molar-refractivity contribution in [2.24, 2.45) is 0 Å². The van der Waals surface area contributed by atoms with Crippen molar-refractivity contribution in [2.45, 2.75) is 25.8 Å². The van der Waals surface area contributed by atoms with Gasteiger partial charge in [0.2, 0.25) is 5.91 Å². The fourth-order valence-corrected chi connectivity index (χ4v) is 3.47. The lowest BCUT2D eigenvalue weighted by Gasteiger charge is -2.24. The molecule has 1 atom stereocenters. The summed E-state index contributed by atoms with van der Waals surface area (Å²) < 4.78 is 0. The zero-order valence-electron chi connectivity index (χ0n) is 16.2. The molecular weight excluding hydrogens is 364 g/mol. The Morgan fingerprint density at radius 2 is 1.93 bits per heavy atom. The normalized spacial score (nSPS) is 16.3. The molecule has 1 amide bonds. The molecule has 0 bridgehead atoms. The molecule has 0 aromatic carbocycles. The monoisotopic (exact) mass is 386 g/mol. The van der Waals surface area contributed by atoms with Crippen LogP contribution >= 0.6 is 0 Å². The van der Waals surface area contributed by atoms with E-state index < -0.39 is 0 Å². The van der Waals surface area contributed by atoms with Crippen LogP contribution in [0.1, 0.15) is 35.7 Å². The molecule has 3 aromatic rings. The predicted molar refractivity (Wildman–Crippen MR) is 111 cm³/mol. The van der Waals surface area contributed by atoms with Gasteiger partial charge in [-0.1, -0.05) is 12.1 Å². The summed E-state index contributed by atoms with van der Waals surface area (Å²) in [6.07, 6.45) is 13.6. The van der Waals surface area contributed by atoms with E-state index in [9.17, 15) is 4.79 Å². The molecule has 3 aromatic heterocycles. The van der Waals surface area contributed by atoms with Gasteiger partial charge in [-0.15, -0.1) is 0 Å². The highest BCUT2D eigenvalue weighted by molar-refractivity contribution is 5.92. The Morgan fingerprint density at radius 1 is 1.10 bits per heavy atom. The Morgan fingerprint density at radius 3 is 2.76 bits per heavy atom. The minimum atomic E-state index is -0.124.